The van der Waals surface area contributed by atoms with Gasteiger partial charge in [0, 0.05) is 4.75 Å². The van der Waals surface area contributed by atoms with E-state index in [-0.39, 0.29) is 0 Å². The topological polar surface area (TPSA) is 0 Å². The van der Waals surface area contributed by atoms with E-state index in [4.69, 9.17) is 0 Å². The highest BCUT2D eigenvalue weighted by atomic mass is 32.1. The summed E-state index contributed by atoms with van der Waals surface area (Å²) in [5.74, 6) is 0. The van der Waals surface area contributed by atoms with Crippen molar-refractivity contribution in [3.8, 4) is 0 Å². The maximum Gasteiger partial charge on any atom is 0.0130 e. The van der Waals surface area contributed by atoms with Gasteiger partial charge in [-0.15, -0.1) is 0 Å². The largest absolute Gasteiger partial charge is 0.173 e. The second kappa shape index (κ2) is 2.96. The van der Waals surface area contributed by atoms with Gasteiger partial charge in [-0.3, -0.25) is 0 Å². The van der Waals surface area contributed by atoms with E-state index in [9.17, 15) is 0 Å². The molecular weight excluding hydrogens is 128 g/mol. The molecule has 1 heteroatoms. The van der Waals surface area contributed by atoms with Crippen LogP contribution >= 0.6 is 12.6 Å². The Morgan fingerprint density at radius 1 is 1.22 bits per heavy atom. The van der Waals surface area contributed by atoms with Gasteiger partial charge in [0.2, 0.25) is 0 Å². The van der Waals surface area contributed by atoms with Crippen LogP contribution in [0.25, 0.3) is 0 Å². The molecule has 1 saturated carbocycles. The Labute approximate surface area is 63.4 Å². The van der Waals surface area contributed by atoms with Crippen molar-refractivity contribution < 1.29 is 0 Å². The van der Waals surface area contributed by atoms with Gasteiger partial charge in [-0.1, -0.05) is 26.2 Å². The molecule has 0 aromatic rings. The highest BCUT2D eigenvalue weighted by Crippen LogP contribution is 2.35. The van der Waals surface area contributed by atoms with Gasteiger partial charge >= 0.3 is 0 Å². The van der Waals surface area contributed by atoms with E-state index in [1.165, 1.54) is 32.1 Å². The second-order valence-corrected chi connectivity index (χ2v) is 3.98. The first-order chi connectivity index (χ1) is 4.27. The molecule has 0 aromatic heterocycles. The van der Waals surface area contributed by atoms with Gasteiger partial charge in [0.25, 0.3) is 0 Å². The van der Waals surface area contributed by atoms with Crippen molar-refractivity contribution in [2.24, 2.45) is 0 Å². The molecule has 0 bridgehead atoms. The summed E-state index contributed by atoms with van der Waals surface area (Å²) in [6.45, 7) is 3.90. The lowest BCUT2D eigenvalue weighted by Crippen LogP contribution is -2.23. The van der Waals surface area contributed by atoms with Gasteiger partial charge in [0.1, 0.15) is 0 Å². The predicted octanol–water partition coefficient (Wildman–Crippen LogP) is 2.84. The lowest BCUT2D eigenvalue weighted by atomic mass is 9.86. The monoisotopic (exact) mass is 143 g/mol. The molecule has 1 fully saturated rings. The molecule has 0 N–H and O–H groups in total. The molecule has 1 aliphatic rings. The summed E-state index contributed by atoms with van der Waals surface area (Å²) in [6, 6.07) is 0. The third kappa shape index (κ3) is 1.89. The summed E-state index contributed by atoms with van der Waals surface area (Å²) < 4.78 is 0.304. The van der Waals surface area contributed by atoms with Gasteiger partial charge in [-0.05, 0) is 19.3 Å². The van der Waals surface area contributed by atoms with Crippen LogP contribution in [-0.4, -0.2) is 4.75 Å². The van der Waals surface area contributed by atoms with Crippen molar-refractivity contribution in [1.29, 1.82) is 0 Å². The second-order valence-electron chi connectivity index (χ2n) is 3.04. The molecule has 0 spiro atoms. The van der Waals surface area contributed by atoms with Gasteiger partial charge < -0.3 is 0 Å². The van der Waals surface area contributed by atoms with E-state index < -0.39 is 0 Å². The Bertz CT molecular complexity index is 82.6. The molecule has 1 radical (unpaired) electrons. The fraction of sp³-hybridized carbons (Fsp3) is 0.875. The molecule has 1 aliphatic carbocycles. The molecule has 0 heterocycles. The fourth-order valence-corrected chi connectivity index (χ4v) is 1.78. The third-order valence-corrected chi connectivity index (χ3v) is 2.92. The normalized spacial score (nSPS) is 26.0. The van der Waals surface area contributed by atoms with E-state index in [2.05, 4.69) is 19.6 Å². The summed E-state index contributed by atoms with van der Waals surface area (Å²) in [7, 11) is 0. The Kier molecular flexibility index (Phi) is 2.45. The van der Waals surface area contributed by atoms with Crippen LogP contribution < -0.4 is 0 Å². The van der Waals surface area contributed by atoms with Crippen LogP contribution in [0.1, 0.15) is 38.5 Å². The highest BCUT2D eigenvalue weighted by molar-refractivity contribution is 7.81. The van der Waals surface area contributed by atoms with E-state index in [0.29, 0.717) is 4.75 Å². The molecular formula is C8H15S. The average Bonchev–Trinajstić information content (AvgIpc) is 1.90. The number of thiol groups is 1. The minimum Gasteiger partial charge on any atom is -0.173 e. The van der Waals surface area contributed by atoms with E-state index >= 15 is 0 Å². The van der Waals surface area contributed by atoms with E-state index in [1.807, 2.05) is 0 Å². The van der Waals surface area contributed by atoms with Crippen molar-refractivity contribution in [3.05, 3.63) is 6.92 Å². The zero-order valence-electron chi connectivity index (χ0n) is 5.90. The summed E-state index contributed by atoms with van der Waals surface area (Å²) in [6.07, 6.45) is 7.68. The number of hydrogen-bond donors (Lipinski definition) is 1. The van der Waals surface area contributed by atoms with Crippen LogP contribution in [0, 0.1) is 6.92 Å². The maximum absolute atomic E-state index is 4.59. The minimum atomic E-state index is 0.304. The van der Waals surface area contributed by atoms with Crippen molar-refractivity contribution >= 4 is 12.6 Å². The van der Waals surface area contributed by atoms with Crippen LogP contribution in [-0.2, 0) is 0 Å². The molecule has 0 saturated heterocycles. The first-order valence-electron chi connectivity index (χ1n) is 3.78. The molecule has 53 valence electrons. The maximum atomic E-state index is 4.59. The van der Waals surface area contributed by atoms with E-state index in [1.54, 1.807) is 0 Å². The SMILES string of the molecule is [CH2]CC1(S)CCCCC1. The van der Waals surface area contributed by atoms with Crippen LogP contribution in [0.3, 0.4) is 0 Å². The zero-order valence-corrected chi connectivity index (χ0v) is 6.79. The molecule has 1 rings (SSSR count). The Morgan fingerprint density at radius 2 is 1.78 bits per heavy atom. The number of hydrogen-bond acceptors (Lipinski definition) is 1. The summed E-state index contributed by atoms with van der Waals surface area (Å²) in [4.78, 5) is 0. The van der Waals surface area contributed by atoms with Crippen LogP contribution in [0.5, 0.6) is 0 Å². The fourth-order valence-electron chi connectivity index (χ4n) is 1.46. The standard InChI is InChI=1S/C8H15S/c1-2-8(9)6-4-3-5-7-8/h9H,1-7H2. The van der Waals surface area contributed by atoms with Gasteiger partial charge in [0.15, 0.2) is 0 Å². The Balaban J connectivity index is 2.37. The quantitative estimate of drug-likeness (QED) is 0.536. The molecule has 0 aromatic carbocycles. The first kappa shape index (κ1) is 7.46. The summed E-state index contributed by atoms with van der Waals surface area (Å²) >= 11 is 4.59. The first-order valence-corrected chi connectivity index (χ1v) is 4.23. The molecule has 0 aliphatic heterocycles. The summed E-state index contributed by atoms with van der Waals surface area (Å²) in [5.41, 5.74) is 0. The molecule has 0 unspecified atom stereocenters. The van der Waals surface area contributed by atoms with Crippen LogP contribution in [0.4, 0.5) is 0 Å². The summed E-state index contributed by atoms with van der Waals surface area (Å²) in [5, 5.41) is 0. The lowest BCUT2D eigenvalue weighted by molar-refractivity contribution is 0.402. The molecule has 9 heavy (non-hydrogen) atoms. The van der Waals surface area contributed by atoms with Crippen LogP contribution in [0.15, 0.2) is 0 Å². The van der Waals surface area contributed by atoms with Crippen LogP contribution in [0.2, 0.25) is 0 Å². The smallest absolute Gasteiger partial charge is 0.0130 e. The molecule has 0 nitrogen and oxygen atoms in total. The Hall–Kier alpha value is 0.350. The highest BCUT2D eigenvalue weighted by Gasteiger charge is 2.24. The number of rotatable bonds is 1. The Morgan fingerprint density at radius 3 is 2.11 bits per heavy atom. The van der Waals surface area contributed by atoms with Crippen molar-refractivity contribution in [2.45, 2.75) is 43.3 Å². The van der Waals surface area contributed by atoms with Crippen molar-refractivity contribution in [3.63, 3.8) is 0 Å². The van der Waals surface area contributed by atoms with Crippen molar-refractivity contribution in [1.82, 2.24) is 0 Å². The lowest BCUT2D eigenvalue weighted by Gasteiger charge is -2.30. The molecule has 0 atom stereocenters. The predicted molar refractivity (Wildman–Crippen MR) is 44.8 cm³/mol. The third-order valence-electron chi connectivity index (χ3n) is 2.25. The average molecular weight is 143 g/mol. The zero-order chi connectivity index (χ0) is 6.74. The minimum absolute atomic E-state index is 0.304. The van der Waals surface area contributed by atoms with Gasteiger partial charge in [0.05, 0.1) is 0 Å². The van der Waals surface area contributed by atoms with Gasteiger partial charge in [-0.2, -0.15) is 12.6 Å². The van der Waals surface area contributed by atoms with Gasteiger partial charge in [-0.25, -0.2) is 0 Å². The van der Waals surface area contributed by atoms with E-state index in [0.717, 1.165) is 6.42 Å². The molecule has 0 amide bonds. The van der Waals surface area contributed by atoms with Crippen molar-refractivity contribution in [2.75, 3.05) is 0 Å².